The van der Waals surface area contributed by atoms with Crippen molar-refractivity contribution in [3.8, 4) is 0 Å². The molecule has 0 atom stereocenters. The summed E-state index contributed by atoms with van der Waals surface area (Å²) in [6.45, 7) is 3.07. The number of hydrogen-bond acceptors (Lipinski definition) is 3. The number of ether oxygens (including phenoxy) is 1. The molecule has 1 aliphatic rings. The van der Waals surface area contributed by atoms with E-state index in [9.17, 15) is 18.0 Å². The molecule has 1 saturated heterocycles. The van der Waals surface area contributed by atoms with Crippen molar-refractivity contribution in [1.82, 2.24) is 14.7 Å². The minimum absolute atomic E-state index is 0.125. The molecule has 1 aromatic heterocycles. The first-order valence-electron chi connectivity index (χ1n) is 5.96. The van der Waals surface area contributed by atoms with E-state index in [0.717, 1.165) is 4.68 Å². The number of alkyl halides is 3. The first-order chi connectivity index (χ1) is 9.30. The predicted molar refractivity (Wildman–Crippen MR) is 67.1 cm³/mol. The first kappa shape index (κ1) is 15.3. The average molecular weight is 356 g/mol. The Morgan fingerprint density at radius 1 is 1.40 bits per heavy atom. The summed E-state index contributed by atoms with van der Waals surface area (Å²) in [4.78, 5) is 13.6. The molecule has 2 heterocycles. The van der Waals surface area contributed by atoms with Gasteiger partial charge in [-0.3, -0.25) is 9.48 Å². The van der Waals surface area contributed by atoms with Gasteiger partial charge in [-0.2, -0.15) is 18.3 Å². The number of carbonyl (C=O) groups excluding carboxylic acids is 1. The van der Waals surface area contributed by atoms with E-state index >= 15 is 0 Å². The van der Waals surface area contributed by atoms with E-state index in [1.165, 1.54) is 6.92 Å². The summed E-state index contributed by atoms with van der Waals surface area (Å²) in [5.74, 6) is -0.264. The van der Waals surface area contributed by atoms with Crippen LogP contribution < -0.4 is 0 Å². The number of carbonyl (C=O) groups is 1. The van der Waals surface area contributed by atoms with E-state index in [0.29, 0.717) is 26.3 Å². The highest BCUT2D eigenvalue weighted by Gasteiger charge is 2.38. The standard InChI is InChI=1S/C11H13BrF3N3O2/c1-7-9(12)10(11(13,14)15)16-18(7)6-8(19)17-2-4-20-5-3-17/h2-6H2,1H3. The highest BCUT2D eigenvalue weighted by atomic mass is 79.9. The van der Waals surface area contributed by atoms with Crippen LogP contribution >= 0.6 is 15.9 Å². The van der Waals surface area contributed by atoms with Gasteiger partial charge in [0.2, 0.25) is 5.91 Å². The van der Waals surface area contributed by atoms with Crippen LogP contribution in [-0.4, -0.2) is 46.9 Å². The van der Waals surface area contributed by atoms with Crippen LogP contribution in [0.5, 0.6) is 0 Å². The fraction of sp³-hybridized carbons (Fsp3) is 0.636. The van der Waals surface area contributed by atoms with Crippen molar-refractivity contribution >= 4 is 21.8 Å². The monoisotopic (exact) mass is 355 g/mol. The van der Waals surface area contributed by atoms with Crippen LogP contribution in [0.1, 0.15) is 11.4 Å². The maximum atomic E-state index is 12.7. The van der Waals surface area contributed by atoms with Crippen LogP contribution in [0.3, 0.4) is 0 Å². The van der Waals surface area contributed by atoms with Gasteiger partial charge in [0.1, 0.15) is 6.54 Å². The topological polar surface area (TPSA) is 47.4 Å². The minimum Gasteiger partial charge on any atom is -0.378 e. The van der Waals surface area contributed by atoms with Crippen LogP contribution in [0.2, 0.25) is 0 Å². The molecule has 0 unspecified atom stereocenters. The van der Waals surface area contributed by atoms with Gasteiger partial charge >= 0.3 is 6.18 Å². The lowest BCUT2D eigenvalue weighted by Crippen LogP contribution is -2.42. The minimum atomic E-state index is -4.54. The predicted octanol–water partition coefficient (Wildman–Crippen LogP) is 1.83. The van der Waals surface area contributed by atoms with Gasteiger partial charge in [0.15, 0.2) is 5.69 Å². The Bertz CT molecular complexity index is 510. The summed E-state index contributed by atoms with van der Waals surface area (Å²) in [5, 5.41) is 3.48. The molecule has 0 aromatic carbocycles. The molecule has 0 bridgehead atoms. The molecule has 0 saturated carbocycles. The van der Waals surface area contributed by atoms with E-state index < -0.39 is 11.9 Å². The SMILES string of the molecule is Cc1c(Br)c(C(F)(F)F)nn1CC(=O)N1CCOCC1. The molecule has 0 N–H and O–H groups in total. The molecule has 1 aliphatic heterocycles. The molecule has 0 spiro atoms. The Balaban J connectivity index is 2.15. The lowest BCUT2D eigenvalue weighted by atomic mass is 10.3. The van der Waals surface area contributed by atoms with Gasteiger partial charge in [0.05, 0.1) is 23.4 Å². The summed E-state index contributed by atoms with van der Waals surface area (Å²) in [5.41, 5.74) is -0.733. The second kappa shape index (κ2) is 5.72. The number of aromatic nitrogens is 2. The van der Waals surface area contributed by atoms with Crippen molar-refractivity contribution in [3.05, 3.63) is 15.9 Å². The Kier molecular flexibility index (Phi) is 4.38. The molecular formula is C11H13BrF3N3O2. The van der Waals surface area contributed by atoms with Crippen molar-refractivity contribution in [2.75, 3.05) is 26.3 Å². The van der Waals surface area contributed by atoms with Crippen molar-refractivity contribution in [1.29, 1.82) is 0 Å². The Hall–Kier alpha value is -1.09. The summed E-state index contributed by atoms with van der Waals surface area (Å²) < 4.78 is 44.2. The second-order valence-electron chi connectivity index (χ2n) is 4.40. The van der Waals surface area contributed by atoms with Crippen molar-refractivity contribution in [2.24, 2.45) is 0 Å². The quantitative estimate of drug-likeness (QED) is 0.813. The average Bonchev–Trinajstić information content (AvgIpc) is 2.68. The van der Waals surface area contributed by atoms with Gasteiger partial charge in [-0.25, -0.2) is 0 Å². The van der Waals surface area contributed by atoms with Crippen molar-refractivity contribution < 1.29 is 22.7 Å². The number of nitrogens with zero attached hydrogens (tertiary/aromatic N) is 3. The van der Waals surface area contributed by atoms with Gasteiger partial charge in [0.25, 0.3) is 0 Å². The molecule has 9 heteroatoms. The van der Waals surface area contributed by atoms with Crippen LogP contribution in [0.4, 0.5) is 13.2 Å². The molecule has 1 amide bonds. The summed E-state index contributed by atoms with van der Waals surface area (Å²) >= 11 is 2.87. The molecule has 2 rings (SSSR count). The Morgan fingerprint density at radius 3 is 2.50 bits per heavy atom. The lowest BCUT2D eigenvalue weighted by molar-refractivity contribution is -0.143. The number of morpholine rings is 1. The van der Waals surface area contributed by atoms with Crippen LogP contribution in [0, 0.1) is 6.92 Å². The molecule has 112 valence electrons. The highest BCUT2D eigenvalue weighted by Crippen LogP contribution is 2.35. The fourth-order valence-corrected chi connectivity index (χ4v) is 2.41. The van der Waals surface area contributed by atoms with Gasteiger partial charge in [-0.05, 0) is 22.9 Å². The number of amides is 1. The summed E-state index contributed by atoms with van der Waals surface area (Å²) in [6.07, 6.45) is -4.54. The Morgan fingerprint density at radius 2 is 2.00 bits per heavy atom. The fourth-order valence-electron chi connectivity index (χ4n) is 1.90. The third kappa shape index (κ3) is 3.14. The third-order valence-corrected chi connectivity index (χ3v) is 4.00. The zero-order chi connectivity index (χ0) is 14.9. The van der Waals surface area contributed by atoms with E-state index in [1.54, 1.807) is 4.90 Å². The van der Waals surface area contributed by atoms with Gasteiger partial charge < -0.3 is 9.64 Å². The van der Waals surface area contributed by atoms with Crippen molar-refractivity contribution in [2.45, 2.75) is 19.6 Å². The zero-order valence-corrected chi connectivity index (χ0v) is 12.3. The molecule has 0 radical (unpaired) electrons. The normalized spacial score (nSPS) is 16.6. The molecular weight excluding hydrogens is 343 g/mol. The maximum absolute atomic E-state index is 12.7. The smallest absolute Gasteiger partial charge is 0.378 e. The number of rotatable bonds is 2. The van der Waals surface area contributed by atoms with E-state index in [4.69, 9.17) is 4.74 Å². The van der Waals surface area contributed by atoms with Gasteiger partial charge in [-0.15, -0.1) is 0 Å². The van der Waals surface area contributed by atoms with E-state index in [1.807, 2.05) is 0 Å². The van der Waals surface area contributed by atoms with Gasteiger partial charge in [-0.1, -0.05) is 0 Å². The maximum Gasteiger partial charge on any atom is 0.436 e. The van der Waals surface area contributed by atoms with Crippen molar-refractivity contribution in [3.63, 3.8) is 0 Å². The summed E-state index contributed by atoms with van der Waals surface area (Å²) in [6, 6.07) is 0. The van der Waals surface area contributed by atoms with Crippen LogP contribution in [-0.2, 0) is 22.3 Å². The second-order valence-corrected chi connectivity index (χ2v) is 5.19. The van der Waals surface area contributed by atoms with Gasteiger partial charge in [0, 0.05) is 13.1 Å². The van der Waals surface area contributed by atoms with E-state index in [-0.39, 0.29) is 22.6 Å². The largest absolute Gasteiger partial charge is 0.436 e. The van der Waals surface area contributed by atoms with Crippen LogP contribution in [0.15, 0.2) is 4.47 Å². The van der Waals surface area contributed by atoms with Crippen LogP contribution in [0.25, 0.3) is 0 Å². The number of hydrogen-bond donors (Lipinski definition) is 0. The molecule has 1 fully saturated rings. The summed E-state index contributed by atoms with van der Waals surface area (Å²) in [7, 11) is 0. The molecule has 0 aliphatic carbocycles. The lowest BCUT2D eigenvalue weighted by Gasteiger charge is -2.26. The third-order valence-electron chi connectivity index (χ3n) is 3.05. The molecule has 20 heavy (non-hydrogen) atoms. The number of halogens is 4. The molecule has 1 aromatic rings. The molecule has 5 nitrogen and oxygen atoms in total. The highest BCUT2D eigenvalue weighted by molar-refractivity contribution is 9.10. The Labute approximate surface area is 121 Å². The van der Waals surface area contributed by atoms with E-state index in [2.05, 4.69) is 21.0 Å². The zero-order valence-electron chi connectivity index (χ0n) is 10.7. The first-order valence-corrected chi connectivity index (χ1v) is 6.75.